The summed E-state index contributed by atoms with van der Waals surface area (Å²) in [6, 6.07) is 0. The third kappa shape index (κ3) is 1.39. The maximum atomic E-state index is 11.1. The van der Waals surface area contributed by atoms with Crippen LogP contribution in [0.15, 0.2) is 23.8 Å². The summed E-state index contributed by atoms with van der Waals surface area (Å²) in [7, 11) is 0. The van der Waals surface area contributed by atoms with Crippen molar-refractivity contribution in [2.24, 2.45) is 5.92 Å². The van der Waals surface area contributed by atoms with E-state index in [0.29, 0.717) is 5.57 Å². The summed E-state index contributed by atoms with van der Waals surface area (Å²) in [4.78, 5) is 31.7. The van der Waals surface area contributed by atoms with Gasteiger partial charge in [-0.3, -0.25) is 14.4 Å². The first kappa shape index (κ1) is 8.59. The normalized spacial score (nSPS) is 20.4. The Morgan fingerprint density at radius 2 is 2.17 bits per heavy atom. The molecule has 3 heteroatoms. The molecule has 0 aromatic rings. The molecule has 1 aliphatic carbocycles. The van der Waals surface area contributed by atoms with Gasteiger partial charge in [0.1, 0.15) is 0 Å². The molecule has 0 N–H and O–H groups in total. The van der Waals surface area contributed by atoms with Gasteiger partial charge in [0.25, 0.3) is 5.78 Å². The molecule has 0 aliphatic heterocycles. The number of hydrogen-bond donors (Lipinski definition) is 0. The van der Waals surface area contributed by atoms with Crippen molar-refractivity contribution in [3.63, 3.8) is 0 Å². The topological polar surface area (TPSA) is 51.2 Å². The molecular formula is C9H8O3. The van der Waals surface area contributed by atoms with Crippen LogP contribution in [0.4, 0.5) is 0 Å². The molecule has 0 saturated carbocycles. The summed E-state index contributed by atoms with van der Waals surface area (Å²) in [6.07, 6.45) is 5.11. The third-order valence-corrected chi connectivity index (χ3v) is 1.76. The first-order valence-electron chi connectivity index (χ1n) is 3.59. The molecule has 0 radical (unpaired) electrons. The van der Waals surface area contributed by atoms with E-state index >= 15 is 0 Å². The lowest BCUT2D eigenvalue weighted by molar-refractivity contribution is -0.138. The number of ketones is 2. The molecule has 3 nitrogen and oxygen atoms in total. The zero-order valence-electron chi connectivity index (χ0n) is 6.61. The van der Waals surface area contributed by atoms with Gasteiger partial charge in [-0.25, -0.2) is 0 Å². The number of carbonyl (C=O) groups is 3. The highest BCUT2D eigenvalue weighted by atomic mass is 16.2. The molecule has 0 heterocycles. The van der Waals surface area contributed by atoms with Gasteiger partial charge in [-0.15, -0.1) is 0 Å². The van der Waals surface area contributed by atoms with E-state index < -0.39 is 11.6 Å². The van der Waals surface area contributed by atoms with Gasteiger partial charge >= 0.3 is 0 Å². The number of carbonyl (C=O) groups excluding carboxylic acids is 3. The van der Waals surface area contributed by atoms with Crippen LogP contribution >= 0.6 is 0 Å². The Balaban J connectivity index is 2.80. The van der Waals surface area contributed by atoms with Gasteiger partial charge in [0.2, 0.25) is 5.78 Å². The predicted molar refractivity (Wildman–Crippen MR) is 42.5 cm³/mol. The summed E-state index contributed by atoms with van der Waals surface area (Å²) in [5, 5.41) is 0. The van der Waals surface area contributed by atoms with Crippen molar-refractivity contribution in [1.82, 2.24) is 0 Å². The second-order valence-corrected chi connectivity index (χ2v) is 2.61. The molecule has 0 saturated heterocycles. The Bertz CT molecular complexity index is 297. The molecule has 62 valence electrons. The number of allylic oxidation sites excluding steroid dienone is 4. The average molecular weight is 164 g/mol. The SMILES string of the molecule is CC1C=CC=C1C(=O)C(=O)C=O. The number of hydrogen-bond acceptors (Lipinski definition) is 3. The van der Waals surface area contributed by atoms with Crippen LogP contribution in [0, 0.1) is 5.92 Å². The summed E-state index contributed by atoms with van der Waals surface area (Å²) >= 11 is 0. The number of rotatable bonds is 3. The molecule has 1 unspecified atom stereocenters. The predicted octanol–water partition coefficient (Wildman–Crippen LogP) is 0.456. The molecule has 0 aromatic carbocycles. The van der Waals surface area contributed by atoms with Gasteiger partial charge < -0.3 is 0 Å². The van der Waals surface area contributed by atoms with Crippen molar-refractivity contribution >= 4 is 17.9 Å². The Kier molecular flexibility index (Phi) is 2.33. The van der Waals surface area contributed by atoms with Crippen molar-refractivity contribution < 1.29 is 14.4 Å². The third-order valence-electron chi connectivity index (χ3n) is 1.76. The fraction of sp³-hybridized carbons (Fsp3) is 0.222. The fourth-order valence-electron chi connectivity index (χ4n) is 1.06. The van der Waals surface area contributed by atoms with Crippen molar-refractivity contribution in [3.8, 4) is 0 Å². The van der Waals surface area contributed by atoms with Gasteiger partial charge in [0.05, 0.1) is 0 Å². The smallest absolute Gasteiger partial charge is 0.265 e. The van der Waals surface area contributed by atoms with Gasteiger partial charge in [0.15, 0.2) is 6.29 Å². The van der Waals surface area contributed by atoms with E-state index in [-0.39, 0.29) is 12.2 Å². The van der Waals surface area contributed by atoms with Crippen molar-refractivity contribution in [1.29, 1.82) is 0 Å². The summed E-state index contributed by atoms with van der Waals surface area (Å²) in [6.45, 7) is 1.80. The monoisotopic (exact) mass is 164 g/mol. The van der Waals surface area contributed by atoms with Crippen LogP contribution in [0.25, 0.3) is 0 Å². The summed E-state index contributed by atoms with van der Waals surface area (Å²) < 4.78 is 0. The Hall–Kier alpha value is -1.51. The first-order chi connectivity index (χ1) is 5.66. The molecule has 1 rings (SSSR count). The number of Topliss-reactive ketones (excluding diaryl/α,β-unsaturated/α-hetero) is 2. The molecule has 0 aromatic heterocycles. The Labute approximate surface area is 69.8 Å². The summed E-state index contributed by atoms with van der Waals surface area (Å²) in [5.41, 5.74) is 0.395. The van der Waals surface area contributed by atoms with E-state index in [4.69, 9.17) is 0 Å². The lowest BCUT2D eigenvalue weighted by Gasteiger charge is -2.02. The average Bonchev–Trinajstić information content (AvgIpc) is 2.48. The van der Waals surface area contributed by atoms with Crippen LogP contribution in [-0.2, 0) is 14.4 Å². The molecule has 12 heavy (non-hydrogen) atoms. The van der Waals surface area contributed by atoms with Crippen molar-refractivity contribution in [2.45, 2.75) is 6.92 Å². The van der Waals surface area contributed by atoms with Gasteiger partial charge in [-0.2, -0.15) is 0 Å². The van der Waals surface area contributed by atoms with E-state index in [1.54, 1.807) is 25.2 Å². The second kappa shape index (κ2) is 3.26. The Morgan fingerprint density at radius 3 is 2.58 bits per heavy atom. The van der Waals surface area contributed by atoms with E-state index in [1.807, 2.05) is 0 Å². The highest BCUT2D eigenvalue weighted by molar-refractivity contribution is 6.61. The largest absolute Gasteiger partial charge is 0.294 e. The molecule has 1 aliphatic rings. The zero-order valence-corrected chi connectivity index (χ0v) is 6.61. The minimum atomic E-state index is -0.975. The minimum absolute atomic E-state index is 0.0498. The lowest BCUT2D eigenvalue weighted by Crippen LogP contribution is -2.19. The van der Waals surface area contributed by atoms with Crippen LogP contribution in [0.5, 0.6) is 0 Å². The van der Waals surface area contributed by atoms with Crippen LogP contribution < -0.4 is 0 Å². The maximum Gasteiger partial charge on any atom is 0.265 e. The molecule has 1 atom stereocenters. The molecular weight excluding hydrogens is 156 g/mol. The second-order valence-electron chi connectivity index (χ2n) is 2.61. The maximum absolute atomic E-state index is 11.1. The van der Waals surface area contributed by atoms with Crippen LogP contribution in [0.3, 0.4) is 0 Å². The van der Waals surface area contributed by atoms with E-state index in [9.17, 15) is 14.4 Å². The fourth-order valence-corrected chi connectivity index (χ4v) is 1.06. The Morgan fingerprint density at radius 1 is 1.50 bits per heavy atom. The van der Waals surface area contributed by atoms with E-state index in [2.05, 4.69) is 0 Å². The highest BCUT2D eigenvalue weighted by Crippen LogP contribution is 2.18. The molecule has 0 spiro atoms. The first-order valence-corrected chi connectivity index (χ1v) is 3.59. The summed E-state index contributed by atoms with van der Waals surface area (Å²) in [5.74, 6) is -1.72. The van der Waals surface area contributed by atoms with E-state index in [1.165, 1.54) is 0 Å². The van der Waals surface area contributed by atoms with Gasteiger partial charge in [0, 0.05) is 11.5 Å². The molecule has 0 fully saturated rings. The quantitative estimate of drug-likeness (QED) is 0.346. The van der Waals surface area contributed by atoms with Gasteiger partial charge in [-0.1, -0.05) is 25.2 Å². The zero-order chi connectivity index (χ0) is 9.14. The lowest BCUT2D eigenvalue weighted by atomic mass is 9.99. The van der Waals surface area contributed by atoms with Crippen LogP contribution in [-0.4, -0.2) is 17.9 Å². The van der Waals surface area contributed by atoms with Crippen LogP contribution in [0.1, 0.15) is 6.92 Å². The standard InChI is InChI=1S/C9H8O3/c1-6-3-2-4-7(6)9(12)8(11)5-10/h2-6H,1H3. The van der Waals surface area contributed by atoms with Crippen molar-refractivity contribution in [3.05, 3.63) is 23.8 Å². The molecule has 0 bridgehead atoms. The minimum Gasteiger partial charge on any atom is -0.294 e. The van der Waals surface area contributed by atoms with E-state index in [0.717, 1.165) is 0 Å². The van der Waals surface area contributed by atoms with Gasteiger partial charge in [-0.05, 0) is 0 Å². The van der Waals surface area contributed by atoms with Crippen molar-refractivity contribution in [2.75, 3.05) is 0 Å². The number of aldehydes is 1. The highest BCUT2D eigenvalue weighted by Gasteiger charge is 2.22. The van der Waals surface area contributed by atoms with Crippen LogP contribution in [0.2, 0.25) is 0 Å². The molecule has 0 amide bonds.